The predicted molar refractivity (Wildman–Crippen MR) is 94.7 cm³/mol. The van der Waals surface area contributed by atoms with E-state index in [0.29, 0.717) is 28.2 Å². The summed E-state index contributed by atoms with van der Waals surface area (Å²) < 4.78 is 10.7. The van der Waals surface area contributed by atoms with Gasteiger partial charge in [-0.25, -0.2) is 4.79 Å². The van der Waals surface area contributed by atoms with Crippen molar-refractivity contribution in [2.24, 2.45) is 0 Å². The number of ether oxygens (including phenoxy) is 1. The Morgan fingerprint density at radius 2 is 1.56 bits per heavy atom. The summed E-state index contributed by atoms with van der Waals surface area (Å²) >= 11 is 0. The number of rotatable bonds is 5. The summed E-state index contributed by atoms with van der Waals surface area (Å²) in [5.74, 6) is 0.396. The fraction of sp³-hybridized carbons (Fsp3) is 0.143. The first-order chi connectivity index (χ1) is 12.1. The van der Waals surface area contributed by atoms with Gasteiger partial charge in [0.1, 0.15) is 17.1 Å². The molecule has 0 unspecified atom stereocenters. The van der Waals surface area contributed by atoms with Gasteiger partial charge in [0, 0.05) is 23.1 Å². The van der Waals surface area contributed by atoms with Crippen LogP contribution in [0.4, 0.5) is 0 Å². The Bertz CT molecular complexity index is 892. The molecule has 4 heteroatoms. The minimum Gasteiger partial charge on any atom is -0.465 e. The van der Waals surface area contributed by atoms with Crippen molar-refractivity contribution in [2.75, 3.05) is 7.11 Å². The summed E-state index contributed by atoms with van der Waals surface area (Å²) in [5, 5.41) is 0. The largest absolute Gasteiger partial charge is 0.465 e. The number of carbonyl (C=O) groups excluding carboxylic acids is 2. The Balaban J connectivity index is 2.09. The third-order valence-electron chi connectivity index (χ3n) is 4.04. The van der Waals surface area contributed by atoms with Gasteiger partial charge in [0.25, 0.3) is 0 Å². The molecular formula is C21H18O4. The Labute approximate surface area is 146 Å². The summed E-state index contributed by atoms with van der Waals surface area (Å²) in [6, 6.07) is 18.4. The van der Waals surface area contributed by atoms with E-state index >= 15 is 0 Å². The molecule has 25 heavy (non-hydrogen) atoms. The maximum atomic E-state index is 12.7. The smallest absolute Gasteiger partial charge is 0.341 e. The summed E-state index contributed by atoms with van der Waals surface area (Å²) in [7, 11) is 1.32. The van der Waals surface area contributed by atoms with Gasteiger partial charge in [-0.3, -0.25) is 4.79 Å². The molecule has 0 bridgehead atoms. The van der Waals surface area contributed by atoms with Crippen molar-refractivity contribution in [2.45, 2.75) is 13.3 Å². The molecule has 0 saturated heterocycles. The molecule has 0 fully saturated rings. The normalized spacial score (nSPS) is 10.5. The van der Waals surface area contributed by atoms with Gasteiger partial charge >= 0.3 is 5.97 Å². The molecule has 0 amide bonds. The number of Topliss-reactive ketones (excluding diaryl/α,β-unsaturated/α-hetero) is 1. The van der Waals surface area contributed by atoms with Crippen LogP contribution in [0.3, 0.4) is 0 Å². The molecule has 3 aromatic rings. The van der Waals surface area contributed by atoms with Crippen molar-refractivity contribution in [1.29, 1.82) is 0 Å². The van der Waals surface area contributed by atoms with Gasteiger partial charge in [-0.15, -0.1) is 0 Å². The second-order valence-electron chi connectivity index (χ2n) is 5.66. The van der Waals surface area contributed by atoms with E-state index in [-0.39, 0.29) is 12.2 Å². The molecule has 126 valence electrons. The number of hydrogen-bond acceptors (Lipinski definition) is 4. The standard InChI is InChI=1S/C21H18O4/c1-14-19(21(23)24-2)17(13-18(22)15-9-5-3-6-10-15)20(25-14)16-11-7-4-8-12-16/h3-12H,13H2,1-2H3. The molecule has 0 aliphatic rings. The van der Waals surface area contributed by atoms with Crippen molar-refractivity contribution >= 4 is 11.8 Å². The first-order valence-corrected chi connectivity index (χ1v) is 7.96. The molecule has 2 aromatic carbocycles. The van der Waals surface area contributed by atoms with Crippen LogP contribution in [0.1, 0.15) is 32.0 Å². The van der Waals surface area contributed by atoms with Crippen LogP contribution in [0.2, 0.25) is 0 Å². The van der Waals surface area contributed by atoms with Gasteiger partial charge in [0.15, 0.2) is 5.78 Å². The average Bonchev–Trinajstić information content (AvgIpc) is 2.98. The maximum absolute atomic E-state index is 12.7. The molecule has 0 N–H and O–H groups in total. The number of furan rings is 1. The molecule has 3 rings (SSSR count). The van der Waals surface area contributed by atoms with Crippen LogP contribution in [-0.4, -0.2) is 18.9 Å². The zero-order chi connectivity index (χ0) is 17.8. The highest BCUT2D eigenvalue weighted by Crippen LogP contribution is 2.33. The van der Waals surface area contributed by atoms with Crippen LogP contribution < -0.4 is 0 Å². The SMILES string of the molecule is COC(=O)c1c(C)oc(-c2ccccc2)c1CC(=O)c1ccccc1. The van der Waals surface area contributed by atoms with E-state index in [2.05, 4.69) is 0 Å². The van der Waals surface area contributed by atoms with Gasteiger partial charge in [-0.05, 0) is 6.92 Å². The van der Waals surface area contributed by atoms with Crippen molar-refractivity contribution in [3.05, 3.63) is 83.1 Å². The molecule has 0 aliphatic carbocycles. The summed E-state index contributed by atoms with van der Waals surface area (Å²) in [4.78, 5) is 24.9. The van der Waals surface area contributed by atoms with Crippen LogP contribution in [-0.2, 0) is 11.2 Å². The molecule has 0 aliphatic heterocycles. The average molecular weight is 334 g/mol. The number of hydrogen-bond donors (Lipinski definition) is 0. The van der Waals surface area contributed by atoms with Crippen LogP contribution in [0.5, 0.6) is 0 Å². The maximum Gasteiger partial charge on any atom is 0.341 e. The van der Waals surface area contributed by atoms with Crippen LogP contribution in [0.15, 0.2) is 65.1 Å². The number of aryl methyl sites for hydroxylation is 1. The highest BCUT2D eigenvalue weighted by atomic mass is 16.5. The lowest BCUT2D eigenvalue weighted by Gasteiger charge is -2.06. The molecule has 4 nitrogen and oxygen atoms in total. The van der Waals surface area contributed by atoms with Crippen molar-refractivity contribution in [3.63, 3.8) is 0 Å². The van der Waals surface area contributed by atoms with E-state index in [9.17, 15) is 9.59 Å². The van der Waals surface area contributed by atoms with E-state index in [4.69, 9.17) is 9.15 Å². The lowest BCUT2D eigenvalue weighted by molar-refractivity contribution is 0.0598. The van der Waals surface area contributed by atoms with Gasteiger partial charge in [0.2, 0.25) is 0 Å². The van der Waals surface area contributed by atoms with Crippen LogP contribution >= 0.6 is 0 Å². The van der Waals surface area contributed by atoms with Gasteiger partial charge in [0.05, 0.1) is 7.11 Å². The van der Waals surface area contributed by atoms with E-state index < -0.39 is 5.97 Å². The summed E-state index contributed by atoms with van der Waals surface area (Å²) in [6.45, 7) is 1.70. The zero-order valence-corrected chi connectivity index (χ0v) is 14.1. The monoisotopic (exact) mass is 334 g/mol. The minimum absolute atomic E-state index is 0.0655. The minimum atomic E-state index is -0.501. The fourth-order valence-corrected chi connectivity index (χ4v) is 2.84. The molecule has 0 saturated carbocycles. The van der Waals surface area contributed by atoms with E-state index in [1.807, 2.05) is 48.5 Å². The van der Waals surface area contributed by atoms with Crippen molar-refractivity contribution < 1.29 is 18.7 Å². The second-order valence-corrected chi connectivity index (χ2v) is 5.66. The Kier molecular flexibility index (Phi) is 4.80. The second kappa shape index (κ2) is 7.18. The quantitative estimate of drug-likeness (QED) is 0.510. The zero-order valence-electron chi connectivity index (χ0n) is 14.1. The Morgan fingerprint density at radius 1 is 0.960 bits per heavy atom. The van der Waals surface area contributed by atoms with E-state index in [1.165, 1.54) is 7.11 Å². The van der Waals surface area contributed by atoms with Crippen molar-refractivity contribution in [3.8, 4) is 11.3 Å². The van der Waals surface area contributed by atoms with Crippen LogP contribution in [0.25, 0.3) is 11.3 Å². The lowest BCUT2D eigenvalue weighted by Crippen LogP contribution is -2.10. The lowest BCUT2D eigenvalue weighted by atomic mass is 9.96. The third kappa shape index (κ3) is 3.38. The number of ketones is 1. The topological polar surface area (TPSA) is 56.5 Å². The Hall–Kier alpha value is -3.14. The van der Waals surface area contributed by atoms with Crippen LogP contribution in [0, 0.1) is 6.92 Å². The number of benzene rings is 2. The van der Waals surface area contributed by atoms with Gasteiger partial charge in [-0.2, -0.15) is 0 Å². The molecule has 0 radical (unpaired) electrons. The highest BCUT2D eigenvalue weighted by Gasteiger charge is 2.26. The summed E-state index contributed by atoms with van der Waals surface area (Å²) in [5.41, 5.74) is 2.29. The molecular weight excluding hydrogens is 316 g/mol. The number of carbonyl (C=O) groups is 2. The summed E-state index contributed by atoms with van der Waals surface area (Å²) in [6.07, 6.45) is 0.0655. The van der Waals surface area contributed by atoms with E-state index in [0.717, 1.165) is 5.56 Å². The molecule has 1 aromatic heterocycles. The number of esters is 1. The first kappa shape index (κ1) is 16.7. The molecule has 0 atom stereocenters. The predicted octanol–water partition coefficient (Wildman–Crippen LogP) is 4.47. The fourth-order valence-electron chi connectivity index (χ4n) is 2.84. The first-order valence-electron chi connectivity index (χ1n) is 7.96. The van der Waals surface area contributed by atoms with Gasteiger partial charge < -0.3 is 9.15 Å². The number of methoxy groups -OCH3 is 1. The van der Waals surface area contributed by atoms with E-state index in [1.54, 1.807) is 19.1 Å². The molecule has 1 heterocycles. The highest BCUT2D eigenvalue weighted by molar-refractivity contribution is 6.02. The van der Waals surface area contributed by atoms with Gasteiger partial charge in [-0.1, -0.05) is 60.7 Å². The van der Waals surface area contributed by atoms with Crippen molar-refractivity contribution in [1.82, 2.24) is 0 Å². The third-order valence-corrected chi connectivity index (χ3v) is 4.04. The molecule has 0 spiro atoms. The Morgan fingerprint density at radius 3 is 2.16 bits per heavy atom.